The fourth-order valence-electron chi connectivity index (χ4n) is 3.01. The molecule has 1 aromatic carbocycles. The highest BCUT2D eigenvalue weighted by Crippen LogP contribution is 2.28. The molecule has 2 aromatic rings. The maximum Gasteiger partial charge on any atom is 0.238 e. The van der Waals surface area contributed by atoms with E-state index in [0.29, 0.717) is 24.0 Å². The van der Waals surface area contributed by atoms with Crippen LogP contribution in [0.25, 0.3) is 0 Å². The Morgan fingerprint density at radius 2 is 1.96 bits per heavy atom. The summed E-state index contributed by atoms with van der Waals surface area (Å²) in [4.78, 5) is 20.7. The maximum absolute atomic E-state index is 12.3. The van der Waals surface area contributed by atoms with Crippen LogP contribution in [0.1, 0.15) is 6.92 Å². The average Bonchev–Trinajstić information content (AvgIpc) is 2.65. The number of rotatable bonds is 6. The quantitative estimate of drug-likeness (QED) is 0.788. The van der Waals surface area contributed by atoms with Crippen LogP contribution in [0.3, 0.4) is 0 Å². The first-order valence-electron chi connectivity index (χ1n) is 8.77. The van der Waals surface area contributed by atoms with E-state index in [9.17, 15) is 4.79 Å². The molecule has 0 radical (unpaired) electrons. The summed E-state index contributed by atoms with van der Waals surface area (Å²) < 4.78 is 5.72. The van der Waals surface area contributed by atoms with Crippen molar-refractivity contribution >= 4 is 28.9 Å². The van der Waals surface area contributed by atoms with Crippen molar-refractivity contribution in [2.24, 2.45) is 0 Å². The second-order valence-electron chi connectivity index (χ2n) is 6.05. The number of piperazine rings is 1. The standard InChI is InChI=1S/C19H23ClN4O2/c1-2-26-17-8-4-3-7-16(17)24-12-10-23(11-13-24)14-18(25)22-15-6-5-9-21-19(15)20/h3-9H,2,10-14H2,1H3,(H,22,25). The third-order valence-electron chi connectivity index (χ3n) is 4.28. The first-order chi connectivity index (χ1) is 12.7. The van der Waals surface area contributed by atoms with Crippen LogP contribution in [0.4, 0.5) is 11.4 Å². The molecule has 0 atom stereocenters. The van der Waals surface area contributed by atoms with E-state index in [2.05, 4.69) is 26.2 Å². The third-order valence-corrected chi connectivity index (χ3v) is 4.58. The van der Waals surface area contributed by atoms with Crippen LogP contribution in [-0.2, 0) is 4.79 Å². The molecular formula is C19H23ClN4O2. The molecular weight excluding hydrogens is 352 g/mol. The fraction of sp³-hybridized carbons (Fsp3) is 0.368. The molecule has 0 unspecified atom stereocenters. The maximum atomic E-state index is 12.3. The first kappa shape index (κ1) is 18.5. The van der Waals surface area contributed by atoms with Crippen LogP contribution >= 0.6 is 11.6 Å². The molecule has 0 aliphatic carbocycles. The SMILES string of the molecule is CCOc1ccccc1N1CCN(CC(=O)Nc2cccnc2Cl)CC1. The molecule has 1 N–H and O–H groups in total. The number of ether oxygens (including phenoxy) is 1. The first-order valence-corrected chi connectivity index (χ1v) is 9.14. The molecule has 2 heterocycles. The zero-order valence-corrected chi connectivity index (χ0v) is 15.6. The second-order valence-corrected chi connectivity index (χ2v) is 6.41. The van der Waals surface area contributed by atoms with E-state index >= 15 is 0 Å². The largest absolute Gasteiger partial charge is 0.492 e. The molecule has 1 saturated heterocycles. The van der Waals surface area contributed by atoms with Gasteiger partial charge in [0.05, 0.1) is 24.5 Å². The predicted octanol–water partition coefficient (Wildman–Crippen LogP) is 2.89. The van der Waals surface area contributed by atoms with E-state index in [4.69, 9.17) is 16.3 Å². The van der Waals surface area contributed by atoms with Crippen molar-refractivity contribution in [2.45, 2.75) is 6.92 Å². The second kappa shape index (κ2) is 8.87. The number of halogens is 1. The highest BCUT2D eigenvalue weighted by atomic mass is 35.5. The number of aromatic nitrogens is 1. The number of pyridine rings is 1. The summed E-state index contributed by atoms with van der Waals surface area (Å²) in [5.74, 6) is 0.829. The summed E-state index contributed by atoms with van der Waals surface area (Å²) in [6.45, 7) is 6.31. The van der Waals surface area contributed by atoms with Crippen molar-refractivity contribution in [1.29, 1.82) is 0 Å². The number of nitrogens with one attached hydrogen (secondary N) is 1. The number of para-hydroxylation sites is 2. The van der Waals surface area contributed by atoms with Gasteiger partial charge >= 0.3 is 0 Å². The van der Waals surface area contributed by atoms with Crippen molar-refractivity contribution < 1.29 is 9.53 Å². The Morgan fingerprint density at radius 1 is 1.19 bits per heavy atom. The zero-order chi connectivity index (χ0) is 18.4. The molecule has 6 nitrogen and oxygen atoms in total. The van der Waals surface area contributed by atoms with Gasteiger partial charge in [0, 0.05) is 32.4 Å². The Hall–Kier alpha value is -2.31. The number of amides is 1. The normalized spacial score (nSPS) is 14.9. The minimum absolute atomic E-state index is 0.0805. The van der Waals surface area contributed by atoms with Crippen molar-refractivity contribution in [1.82, 2.24) is 9.88 Å². The van der Waals surface area contributed by atoms with E-state index in [1.54, 1.807) is 18.3 Å². The number of carbonyl (C=O) groups excluding carboxylic acids is 1. The Bertz CT molecular complexity index is 748. The minimum Gasteiger partial charge on any atom is -0.492 e. The van der Waals surface area contributed by atoms with Gasteiger partial charge in [-0.3, -0.25) is 9.69 Å². The summed E-state index contributed by atoms with van der Waals surface area (Å²) >= 11 is 5.98. The van der Waals surface area contributed by atoms with Gasteiger partial charge in [-0.15, -0.1) is 0 Å². The number of benzene rings is 1. The van der Waals surface area contributed by atoms with Gasteiger partial charge in [-0.25, -0.2) is 4.98 Å². The van der Waals surface area contributed by atoms with Gasteiger partial charge in [0.25, 0.3) is 0 Å². The van der Waals surface area contributed by atoms with Gasteiger partial charge in [-0.05, 0) is 31.2 Å². The molecule has 7 heteroatoms. The predicted molar refractivity (Wildman–Crippen MR) is 104 cm³/mol. The minimum atomic E-state index is -0.0805. The molecule has 0 saturated carbocycles. The molecule has 1 aliphatic rings. The van der Waals surface area contributed by atoms with Crippen LogP contribution in [0.2, 0.25) is 5.15 Å². The van der Waals surface area contributed by atoms with Crippen LogP contribution in [-0.4, -0.2) is 55.1 Å². The average molecular weight is 375 g/mol. The van der Waals surface area contributed by atoms with Gasteiger partial charge in [-0.1, -0.05) is 23.7 Å². The highest BCUT2D eigenvalue weighted by Gasteiger charge is 2.21. The lowest BCUT2D eigenvalue weighted by atomic mass is 10.2. The molecule has 1 amide bonds. The topological polar surface area (TPSA) is 57.7 Å². The van der Waals surface area contributed by atoms with Crippen molar-refractivity contribution in [3.8, 4) is 5.75 Å². The molecule has 26 heavy (non-hydrogen) atoms. The highest BCUT2D eigenvalue weighted by molar-refractivity contribution is 6.32. The zero-order valence-electron chi connectivity index (χ0n) is 14.8. The number of nitrogens with zero attached hydrogens (tertiary/aromatic N) is 3. The lowest BCUT2D eigenvalue weighted by molar-refractivity contribution is -0.117. The summed E-state index contributed by atoms with van der Waals surface area (Å²) in [5, 5.41) is 3.12. The molecule has 0 spiro atoms. The Morgan fingerprint density at radius 3 is 2.69 bits per heavy atom. The smallest absolute Gasteiger partial charge is 0.238 e. The summed E-state index contributed by atoms with van der Waals surface area (Å²) in [6, 6.07) is 11.6. The van der Waals surface area contributed by atoms with E-state index in [0.717, 1.165) is 37.6 Å². The molecule has 3 rings (SSSR count). The monoisotopic (exact) mass is 374 g/mol. The van der Waals surface area contributed by atoms with Crippen LogP contribution in [0.15, 0.2) is 42.6 Å². The van der Waals surface area contributed by atoms with Crippen LogP contribution in [0, 0.1) is 0 Å². The van der Waals surface area contributed by atoms with E-state index in [-0.39, 0.29) is 5.91 Å². The fourth-order valence-corrected chi connectivity index (χ4v) is 3.18. The number of carbonyl (C=O) groups is 1. The molecule has 0 bridgehead atoms. The Balaban J connectivity index is 1.53. The van der Waals surface area contributed by atoms with Crippen molar-refractivity contribution in [3.05, 3.63) is 47.7 Å². The van der Waals surface area contributed by atoms with E-state index in [1.807, 2.05) is 25.1 Å². The summed E-state index contributed by atoms with van der Waals surface area (Å²) in [6.07, 6.45) is 1.59. The van der Waals surface area contributed by atoms with Crippen LogP contribution in [0.5, 0.6) is 5.75 Å². The molecule has 138 valence electrons. The van der Waals surface area contributed by atoms with Crippen molar-refractivity contribution in [2.75, 3.05) is 49.5 Å². The van der Waals surface area contributed by atoms with E-state index in [1.165, 1.54) is 0 Å². The molecule has 1 aliphatic heterocycles. The Labute approximate surface area is 158 Å². The van der Waals surface area contributed by atoms with Gasteiger partial charge < -0.3 is 15.0 Å². The Kier molecular flexibility index (Phi) is 6.30. The molecule has 1 aromatic heterocycles. The van der Waals surface area contributed by atoms with Crippen molar-refractivity contribution in [3.63, 3.8) is 0 Å². The number of anilines is 2. The lowest BCUT2D eigenvalue weighted by Crippen LogP contribution is -2.48. The van der Waals surface area contributed by atoms with Gasteiger partial charge in [0.1, 0.15) is 5.75 Å². The summed E-state index contributed by atoms with van der Waals surface area (Å²) in [5.41, 5.74) is 1.66. The summed E-state index contributed by atoms with van der Waals surface area (Å²) in [7, 11) is 0. The lowest BCUT2D eigenvalue weighted by Gasteiger charge is -2.36. The van der Waals surface area contributed by atoms with Crippen LogP contribution < -0.4 is 15.0 Å². The van der Waals surface area contributed by atoms with Gasteiger partial charge in [0.15, 0.2) is 5.15 Å². The van der Waals surface area contributed by atoms with Gasteiger partial charge in [0.2, 0.25) is 5.91 Å². The van der Waals surface area contributed by atoms with E-state index < -0.39 is 0 Å². The number of hydrogen-bond donors (Lipinski definition) is 1. The van der Waals surface area contributed by atoms with Gasteiger partial charge in [-0.2, -0.15) is 0 Å². The molecule has 1 fully saturated rings. The third kappa shape index (κ3) is 4.65. The number of hydrogen-bond acceptors (Lipinski definition) is 5.